The molecule has 0 radical (unpaired) electrons. The number of ether oxygens (including phenoxy) is 1. The molecule has 0 amide bonds. The molecule has 0 aliphatic carbocycles. The fourth-order valence-corrected chi connectivity index (χ4v) is 4.10. The molecule has 0 bridgehead atoms. The summed E-state index contributed by atoms with van der Waals surface area (Å²) in [4.78, 5) is 4.74. The highest BCUT2D eigenvalue weighted by atomic mass is 35.5. The summed E-state index contributed by atoms with van der Waals surface area (Å²) in [6, 6.07) is 6.48. The van der Waals surface area contributed by atoms with Gasteiger partial charge in [0.2, 0.25) is 0 Å². The first-order valence-corrected chi connectivity index (χ1v) is 9.95. The molecule has 1 N–H and O–H groups in total. The van der Waals surface area contributed by atoms with Crippen LogP contribution in [0.1, 0.15) is 31.2 Å². The Hall–Kier alpha value is -0.880. The number of hydrogen-bond acceptors (Lipinski definition) is 3. The van der Waals surface area contributed by atoms with E-state index in [-0.39, 0.29) is 0 Å². The number of nitrogens with zero attached hydrogens (tertiary/aromatic N) is 2. The highest BCUT2D eigenvalue weighted by molar-refractivity contribution is 7.80. The van der Waals surface area contributed by atoms with Crippen molar-refractivity contribution < 1.29 is 4.74 Å². The van der Waals surface area contributed by atoms with Crippen molar-refractivity contribution in [1.29, 1.82) is 0 Å². The second-order valence-corrected chi connectivity index (χ2v) is 8.01. The third kappa shape index (κ3) is 5.07. The third-order valence-electron chi connectivity index (χ3n) is 5.24. The van der Waals surface area contributed by atoms with Gasteiger partial charge in [-0.3, -0.25) is 0 Å². The smallest absolute Gasteiger partial charge is 0.173 e. The highest BCUT2D eigenvalue weighted by Crippen LogP contribution is 2.23. The molecule has 2 heterocycles. The van der Waals surface area contributed by atoms with Gasteiger partial charge >= 0.3 is 0 Å². The van der Waals surface area contributed by atoms with E-state index >= 15 is 0 Å². The summed E-state index contributed by atoms with van der Waals surface area (Å²) in [5.74, 6) is 0. The molecular formula is C19H28ClN3OS. The Morgan fingerprint density at radius 2 is 2.12 bits per heavy atom. The number of anilines is 1. The lowest BCUT2D eigenvalue weighted by Gasteiger charge is -2.39. The van der Waals surface area contributed by atoms with Crippen molar-refractivity contribution in [3.63, 3.8) is 0 Å². The SMILES string of the molecule is Cc1ccc(NC(=S)N(CC2CCCO2)C2CCN(C)CC2)cc1Cl. The Labute approximate surface area is 161 Å². The van der Waals surface area contributed by atoms with Gasteiger partial charge in [0.05, 0.1) is 6.10 Å². The summed E-state index contributed by atoms with van der Waals surface area (Å²) in [7, 11) is 2.19. The molecule has 1 aromatic rings. The average Bonchev–Trinajstić information content (AvgIpc) is 3.10. The number of aryl methyl sites for hydroxylation is 1. The Morgan fingerprint density at radius 1 is 1.36 bits per heavy atom. The average molecular weight is 382 g/mol. The lowest BCUT2D eigenvalue weighted by molar-refractivity contribution is 0.0724. The van der Waals surface area contributed by atoms with Crippen molar-refractivity contribution in [2.24, 2.45) is 0 Å². The molecule has 1 aromatic carbocycles. The number of nitrogens with one attached hydrogen (secondary N) is 1. The molecule has 0 saturated carbocycles. The Balaban J connectivity index is 1.70. The first-order valence-electron chi connectivity index (χ1n) is 9.17. The fourth-order valence-electron chi connectivity index (χ4n) is 3.58. The van der Waals surface area contributed by atoms with Gasteiger partial charge in [0.1, 0.15) is 0 Å². The van der Waals surface area contributed by atoms with Crippen molar-refractivity contribution in [3.8, 4) is 0 Å². The van der Waals surface area contributed by atoms with E-state index in [0.29, 0.717) is 12.1 Å². The van der Waals surface area contributed by atoms with Crippen molar-refractivity contribution in [2.45, 2.75) is 44.8 Å². The molecule has 2 aliphatic heterocycles. The minimum Gasteiger partial charge on any atom is -0.376 e. The number of halogens is 1. The molecule has 2 saturated heterocycles. The van der Waals surface area contributed by atoms with E-state index in [1.807, 2.05) is 25.1 Å². The zero-order valence-corrected chi connectivity index (χ0v) is 16.7. The molecule has 2 aliphatic rings. The largest absolute Gasteiger partial charge is 0.376 e. The molecule has 0 spiro atoms. The van der Waals surface area contributed by atoms with Gasteiger partial charge in [-0.1, -0.05) is 17.7 Å². The van der Waals surface area contributed by atoms with Gasteiger partial charge in [-0.25, -0.2) is 0 Å². The minimum absolute atomic E-state index is 0.293. The highest BCUT2D eigenvalue weighted by Gasteiger charge is 2.28. The van der Waals surface area contributed by atoms with E-state index in [4.69, 9.17) is 28.6 Å². The number of rotatable bonds is 4. The van der Waals surface area contributed by atoms with Crippen LogP contribution < -0.4 is 5.32 Å². The molecule has 3 rings (SSSR count). The summed E-state index contributed by atoms with van der Waals surface area (Å²) in [6.45, 7) is 5.99. The molecule has 138 valence electrons. The number of benzene rings is 1. The van der Waals surface area contributed by atoms with Gasteiger partial charge in [-0.05, 0) is 82.7 Å². The van der Waals surface area contributed by atoms with Crippen LogP contribution in [0.5, 0.6) is 0 Å². The number of piperidine rings is 1. The molecule has 6 heteroatoms. The normalized spacial score (nSPS) is 22.1. The van der Waals surface area contributed by atoms with Crippen LogP contribution in [0.4, 0.5) is 5.69 Å². The number of likely N-dealkylation sites (tertiary alicyclic amines) is 1. The second-order valence-electron chi connectivity index (χ2n) is 7.22. The van der Waals surface area contributed by atoms with E-state index < -0.39 is 0 Å². The minimum atomic E-state index is 0.293. The van der Waals surface area contributed by atoms with Gasteiger partial charge in [-0.2, -0.15) is 0 Å². The van der Waals surface area contributed by atoms with Gasteiger partial charge in [0, 0.05) is 29.9 Å². The van der Waals surface area contributed by atoms with Crippen LogP contribution in [-0.4, -0.2) is 60.3 Å². The fraction of sp³-hybridized carbons (Fsp3) is 0.632. The van der Waals surface area contributed by atoms with Gasteiger partial charge < -0.3 is 19.9 Å². The van der Waals surface area contributed by atoms with Crippen LogP contribution in [0.25, 0.3) is 0 Å². The lowest BCUT2D eigenvalue weighted by atomic mass is 10.0. The molecule has 1 atom stereocenters. The van der Waals surface area contributed by atoms with Gasteiger partial charge in [0.15, 0.2) is 5.11 Å². The summed E-state index contributed by atoms with van der Waals surface area (Å²) < 4.78 is 5.87. The predicted molar refractivity (Wildman–Crippen MR) is 109 cm³/mol. The summed E-state index contributed by atoms with van der Waals surface area (Å²) in [6.07, 6.45) is 4.85. The zero-order valence-electron chi connectivity index (χ0n) is 15.1. The Morgan fingerprint density at radius 3 is 2.76 bits per heavy atom. The quantitative estimate of drug-likeness (QED) is 0.798. The number of thiocarbonyl (C=S) groups is 1. The molecule has 2 fully saturated rings. The van der Waals surface area contributed by atoms with Crippen molar-refractivity contribution in [2.75, 3.05) is 38.6 Å². The topological polar surface area (TPSA) is 27.7 Å². The third-order valence-corrected chi connectivity index (χ3v) is 5.98. The van der Waals surface area contributed by atoms with E-state index in [0.717, 1.165) is 73.3 Å². The van der Waals surface area contributed by atoms with Gasteiger partial charge in [0.25, 0.3) is 0 Å². The van der Waals surface area contributed by atoms with Crippen molar-refractivity contribution in [1.82, 2.24) is 9.80 Å². The van der Waals surface area contributed by atoms with Crippen LogP contribution in [-0.2, 0) is 4.74 Å². The standard InChI is InChI=1S/C19H28ClN3OS/c1-14-5-6-15(12-18(14)20)21-19(25)23(13-17-4-3-11-24-17)16-7-9-22(2)10-8-16/h5-6,12,16-17H,3-4,7-11,13H2,1-2H3,(H,21,25). The van der Waals surface area contributed by atoms with Crippen molar-refractivity contribution in [3.05, 3.63) is 28.8 Å². The molecule has 4 nitrogen and oxygen atoms in total. The Kier molecular flexibility index (Phi) is 6.55. The van der Waals surface area contributed by atoms with Crippen LogP contribution in [0.3, 0.4) is 0 Å². The van der Waals surface area contributed by atoms with E-state index in [1.54, 1.807) is 0 Å². The maximum Gasteiger partial charge on any atom is 0.173 e. The lowest BCUT2D eigenvalue weighted by Crippen LogP contribution is -2.50. The molecule has 0 aromatic heterocycles. The van der Waals surface area contributed by atoms with E-state index in [1.165, 1.54) is 0 Å². The predicted octanol–water partition coefficient (Wildman–Crippen LogP) is 3.92. The maximum atomic E-state index is 6.26. The van der Waals surface area contributed by atoms with Crippen LogP contribution in [0.2, 0.25) is 5.02 Å². The maximum absolute atomic E-state index is 6.26. The second kappa shape index (κ2) is 8.67. The summed E-state index contributed by atoms with van der Waals surface area (Å²) >= 11 is 12.0. The van der Waals surface area contributed by atoms with Crippen molar-refractivity contribution >= 4 is 34.6 Å². The number of hydrogen-bond donors (Lipinski definition) is 1. The summed E-state index contributed by atoms with van der Waals surface area (Å²) in [5.41, 5.74) is 2.02. The molecular weight excluding hydrogens is 354 g/mol. The van der Waals surface area contributed by atoms with Crippen LogP contribution >= 0.6 is 23.8 Å². The zero-order chi connectivity index (χ0) is 17.8. The first-order chi connectivity index (χ1) is 12.0. The van der Waals surface area contributed by atoms with Gasteiger partial charge in [-0.15, -0.1) is 0 Å². The van der Waals surface area contributed by atoms with Crippen LogP contribution in [0, 0.1) is 6.92 Å². The molecule has 25 heavy (non-hydrogen) atoms. The van der Waals surface area contributed by atoms with E-state index in [9.17, 15) is 0 Å². The molecule has 1 unspecified atom stereocenters. The van der Waals surface area contributed by atoms with E-state index in [2.05, 4.69) is 22.2 Å². The monoisotopic (exact) mass is 381 g/mol. The van der Waals surface area contributed by atoms with Crippen LogP contribution in [0.15, 0.2) is 18.2 Å². The first kappa shape index (κ1) is 18.9. The summed E-state index contributed by atoms with van der Waals surface area (Å²) in [5, 5.41) is 4.94. The Bertz CT molecular complexity index is 598.